The van der Waals surface area contributed by atoms with Gasteiger partial charge >= 0.3 is 0 Å². The maximum atomic E-state index is 5.44. The zero-order valence-electron chi connectivity index (χ0n) is 13.5. The van der Waals surface area contributed by atoms with E-state index in [0.717, 1.165) is 36.6 Å². The molecule has 122 valence electrons. The van der Waals surface area contributed by atoms with Crippen molar-refractivity contribution in [2.45, 2.75) is 33.0 Å². The first-order valence-corrected chi connectivity index (χ1v) is 8.33. The molecule has 3 rings (SSSR count). The van der Waals surface area contributed by atoms with Crippen molar-refractivity contribution in [3.63, 3.8) is 0 Å². The van der Waals surface area contributed by atoms with Crippen molar-refractivity contribution in [3.8, 4) is 0 Å². The highest BCUT2D eigenvalue weighted by Gasteiger charge is 2.19. The van der Waals surface area contributed by atoms with E-state index in [1.807, 2.05) is 30.1 Å². The third-order valence-electron chi connectivity index (χ3n) is 3.74. The van der Waals surface area contributed by atoms with Crippen molar-refractivity contribution in [1.29, 1.82) is 0 Å². The molecule has 1 atom stereocenters. The summed E-state index contributed by atoms with van der Waals surface area (Å²) in [5.41, 5.74) is 1.68. The highest BCUT2D eigenvalue weighted by atomic mass is 32.1. The van der Waals surface area contributed by atoms with Crippen LogP contribution in [0.4, 0.5) is 5.82 Å². The molecule has 0 radical (unpaired) electrons. The quantitative estimate of drug-likeness (QED) is 0.661. The number of rotatable bonds is 7. The van der Waals surface area contributed by atoms with E-state index in [4.69, 9.17) is 4.74 Å². The SMILES string of the molecule is CCn1cnc2c(N(Cc3ccns3)CC(C)OC)ncnc21. The Morgan fingerprint density at radius 1 is 1.35 bits per heavy atom. The number of imidazole rings is 1. The van der Waals surface area contributed by atoms with Gasteiger partial charge in [0.05, 0.1) is 19.0 Å². The first-order chi connectivity index (χ1) is 11.2. The molecule has 0 bridgehead atoms. The molecular weight excluding hydrogens is 312 g/mol. The molecule has 7 nitrogen and oxygen atoms in total. The number of aryl methyl sites for hydroxylation is 1. The number of nitrogens with zero attached hydrogens (tertiary/aromatic N) is 6. The van der Waals surface area contributed by atoms with Crippen LogP contribution in [0.2, 0.25) is 0 Å². The Labute approximate surface area is 139 Å². The Kier molecular flexibility index (Phi) is 4.82. The molecule has 3 aromatic rings. The zero-order valence-corrected chi connectivity index (χ0v) is 14.3. The normalized spacial score (nSPS) is 12.7. The predicted molar refractivity (Wildman–Crippen MR) is 90.6 cm³/mol. The molecule has 0 spiro atoms. The molecule has 3 aromatic heterocycles. The summed E-state index contributed by atoms with van der Waals surface area (Å²) >= 11 is 1.49. The minimum Gasteiger partial charge on any atom is -0.380 e. The minimum atomic E-state index is 0.0844. The van der Waals surface area contributed by atoms with E-state index in [1.165, 1.54) is 16.4 Å². The molecule has 0 N–H and O–H groups in total. The van der Waals surface area contributed by atoms with Gasteiger partial charge in [0.1, 0.15) is 6.33 Å². The van der Waals surface area contributed by atoms with E-state index < -0.39 is 0 Å². The van der Waals surface area contributed by atoms with Crippen LogP contribution < -0.4 is 4.90 Å². The molecule has 0 fully saturated rings. The fourth-order valence-corrected chi connectivity index (χ4v) is 3.05. The fraction of sp³-hybridized carbons (Fsp3) is 0.467. The van der Waals surface area contributed by atoms with E-state index in [1.54, 1.807) is 13.4 Å². The van der Waals surface area contributed by atoms with Gasteiger partial charge in [-0.05, 0) is 31.4 Å². The van der Waals surface area contributed by atoms with Gasteiger partial charge in [0.25, 0.3) is 0 Å². The second-order valence-electron chi connectivity index (χ2n) is 5.31. The van der Waals surface area contributed by atoms with Gasteiger partial charge in [0.2, 0.25) is 0 Å². The number of aromatic nitrogens is 5. The number of anilines is 1. The van der Waals surface area contributed by atoms with Gasteiger partial charge < -0.3 is 14.2 Å². The Hall–Kier alpha value is -2.06. The maximum Gasteiger partial charge on any atom is 0.165 e. The van der Waals surface area contributed by atoms with Crippen LogP contribution in [0.25, 0.3) is 11.2 Å². The molecule has 0 saturated carbocycles. The average Bonchev–Trinajstić information content (AvgIpc) is 3.22. The second-order valence-corrected chi connectivity index (χ2v) is 6.22. The molecule has 23 heavy (non-hydrogen) atoms. The van der Waals surface area contributed by atoms with Crippen LogP contribution in [-0.2, 0) is 17.8 Å². The van der Waals surface area contributed by atoms with Crippen LogP contribution in [0.5, 0.6) is 0 Å². The molecule has 0 aliphatic heterocycles. The summed E-state index contributed by atoms with van der Waals surface area (Å²) in [5, 5.41) is 0. The van der Waals surface area contributed by atoms with Crippen LogP contribution in [0.3, 0.4) is 0 Å². The van der Waals surface area contributed by atoms with Crippen molar-refractivity contribution >= 4 is 28.5 Å². The van der Waals surface area contributed by atoms with Gasteiger partial charge in [-0.15, -0.1) is 0 Å². The van der Waals surface area contributed by atoms with E-state index >= 15 is 0 Å². The highest BCUT2D eigenvalue weighted by Crippen LogP contribution is 2.24. The van der Waals surface area contributed by atoms with Crippen molar-refractivity contribution in [1.82, 2.24) is 23.9 Å². The monoisotopic (exact) mass is 332 g/mol. The fourth-order valence-electron chi connectivity index (χ4n) is 2.45. The topological polar surface area (TPSA) is 69.0 Å². The van der Waals surface area contributed by atoms with Gasteiger partial charge in [-0.1, -0.05) is 0 Å². The lowest BCUT2D eigenvalue weighted by molar-refractivity contribution is 0.123. The molecule has 1 unspecified atom stereocenters. The van der Waals surface area contributed by atoms with Crippen LogP contribution >= 0.6 is 11.5 Å². The third-order valence-corrected chi connectivity index (χ3v) is 4.47. The van der Waals surface area contributed by atoms with E-state index in [-0.39, 0.29) is 6.10 Å². The Bertz CT molecular complexity index is 757. The van der Waals surface area contributed by atoms with E-state index in [0.29, 0.717) is 0 Å². The number of methoxy groups -OCH3 is 1. The van der Waals surface area contributed by atoms with Gasteiger partial charge in [-0.3, -0.25) is 0 Å². The zero-order chi connectivity index (χ0) is 16.2. The predicted octanol–water partition coefficient (Wildman–Crippen LogP) is 2.34. The second kappa shape index (κ2) is 7.01. The molecule has 3 heterocycles. The van der Waals surface area contributed by atoms with Crippen molar-refractivity contribution < 1.29 is 4.74 Å². The summed E-state index contributed by atoms with van der Waals surface area (Å²) in [6.07, 6.45) is 5.32. The smallest absolute Gasteiger partial charge is 0.165 e. The average molecular weight is 332 g/mol. The summed E-state index contributed by atoms with van der Waals surface area (Å²) in [5.74, 6) is 0.833. The molecular formula is C15H20N6OS. The minimum absolute atomic E-state index is 0.0844. The Morgan fingerprint density at radius 3 is 2.91 bits per heavy atom. The summed E-state index contributed by atoms with van der Waals surface area (Å²) in [6.45, 7) is 6.40. The van der Waals surface area contributed by atoms with Gasteiger partial charge in [-0.2, -0.15) is 0 Å². The Balaban J connectivity index is 1.99. The van der Waals surface area contributed by atoms with Gasteiger partial charge in [0.15, 0.2) is 17.0 Å². The van der Waals surface area contributed by atoms with E-state index in [2.05, 4.69) is 31.1 Å². The van der Waals surface area contributed by atoms with Crippen LogP contribution in [-0.4, -0.2) is 43.7 Å². The summed E-state index contributed by atoms with van der Waals surface area (Å²) < 4.78 is 11.6. The van der Waals surface area contributed by atoms with Crippen LogP contribution in [0.15, 0.2) is 24.9 Å². The lowest BCUT2D eigenvalue weighted by Gasteiger charge is -2.25. The Morgan fingerprint density at radius 2 is 2.22 bits per heavy atom. The van der Waals surface area contributed by atoms with Crippen molar-refractivity contribution in [3.05, 3.63) is 29.8 Å². The standard InChI is InChI=1S/C15H20N6OS/c1-4-20-10-18-13-14(20)16-9-17-15(13)21(7-11(2)22-3)8-12-5-6-19-23-12/h5-6,9-11H,4,7-8H2,1-3H3. The summed E-state index contributed by atoms with van der Waals surface area (Å²) in [7, 11) is 1.72. The van der Waals surface area contributed by atoms with Crippen molar-refractivity contribution in [2.75, 3.05) is 18.6 Å². The summed E-state index contributed by atoms with van der Waals surface area (Å²) in [4.78, 5) is 16.7. The van der Waals surface area contributed by atoms with Gasteiger partial charge in [0, 0.05) is 31.3 Å². The molecule has 8 heteroatoms. The largest absolute Gasteiger partial charge is 0.380 e. The number of hydrogen-bond acceptors (Lipinski definition) is 7. The molecule has 0 amide bonds. The number of hydrogen-bond donors (Lipinski definition) is 0. The highest BCUT2D eigenvalue weighted by molar-refractivity contribution is 7.05. The van der Waals surface area contributed by atoms with Gasteiger partial charge in [-0.25, -0.2) is 19.3 Å². The maximum absolute atomic E-state index is 5.44. The number of ether oxygens (including phenoxy) is 1. The summed E-state index contributed by atoms with van der Waals surface area (Å²) in [6, 6.07) is 2.03. The molecule has 0 aliphatic carbocycles. The molecule has 0 aromatic carbocycles. The lowest BCUT2D eigenvalue weighted by Crippen LogP contribution is -2.32. The van der Waals surface area contributed by atoms with Crippen LogP contribution in [0.1, 0.15) is 18.7 Å². The third kappa shape index (κ3) is 3.32. The molecule has 0 saturated heterocycles. The lowest BCUT2D eigenvalue weighted by atomic mass is 10.3. The first-order valence-electron chi connectivity index (χ1n) is 7.56. The molecule has 0 aliphatic rings. The van der Waals surface area contributed by atoms with Crippen molar-refractivity contribution in [2.24, 2.45) is 0 Å². The first kappa shape index (κ1) is 15.8. The number of fused-ring (bicyclic) bond motifs is 1. The van der Waals surface area contributed by atoms with Crippen LogP contribution in [0, 0.1) is 0 Å². The van der Waals surface area contributed by atoms with E-state index in [9.17, 15) is 0 Å².